The van der Waals surface area contributed by atoms with Crippen molar-refractivity contribution in [1.82, 2.24) is 5.32 Å². The van der Waals surface area contributed by atoms with Crippen LogP contribution >= 0.6 is 0 Å². The van der Waals surface area contributed by atoms with Gasteiger partial charge in [0, 0.05) is 11.8 Å². The summed E-state index contributed by atoms with van der Waals surface area (Å²) in [5, 5.41) is 3.29. The second-order valence-corrected chi connectivity index (χ2v) is 5.43. The average molecular weight is 259 g/mol. The Hall–Kier alpha value is 1.51. The molecule has 1 aliphatic carbocycles. The largest absolute Gasteiger partial charge is 1.00 e. The van der Waals surface area contributed by atoms with Crippen molar-refractivity contribution in [2.45, 2.75) is 44.6 Å². The molecule has 0 aromatic rings. The van der Waals surface area contributed by atoms with Gasteiger partial charge in [-0.3, -0.25) is 0 Å². The van der Waals surface area contributed by atoms with Gasteiger partial charge in [0.2, 0.25) is 0 Å². The summed E-state index contributed by atoms with van der Waals surface area (Å²) >= 11 is 0. The molecule has 0 atom stereocenters. The minimum absolute atomic E-state index is 0. The van der Waals surface area contributed by atoms with E-state index in [-0.39, 0.29) is 57.1 Å². The monoisotopic (exact) mass is 259 g/mol. The fourth-order valence-electron chi connectivity index (χ4n) is 1.86. The van der Waals surface area contributed by atoms with Crippen molar-refractivity contribution in [2.24, 2.45) is 0 Å². The Kier molecular flexibility index (Phi) is 9.44. The molecule has 0 aliphatic heterocycles. The van der Waals surface area contributed by atoms with Gasteiger partial charge in [0.1, 0.15) is 0 Å². The van der Waals surface area contributed by atoms with Crippen molar-refractivity contribution in [3.05, 3.63) is 0 Å². The molecule has 84 valence electrons. The van der Waals surface area contributed by atoms with Gasteiger partial charge in [0.15, 0.2) is 0 Å². The van der Waals surface area contributed by atoms with Crippen LogP contribution < -0.4 is 56.7 Å². The quantitative estimate of drug-likeness (QED) is 0.347. The minimum atomic E-state index is -4.02. The van der Waals surface area contributed by atoms with Crippen LogP contribution in [0.15, 0.2) is 0 Å². The molecule has 1 fully saturated rings. The third kappa shape index (κ3) is 9.23. The molecule has 0 saturated heterocycles. The van der Waals surface area contributed by atoms with Gasteiger partial charge in [-0.25, -0.2) is 8.42 Å². The van der Waals surface area contributed by atoms with Crippen LogP contribution in [-0.2, 0) is 10.1 Å². The van der Waals surface area contributed by atoms with Gasteiger partial charge >= 0.3 is 51.4 Å². The Bertz CT molecular complexity index is 250. The first-order valence-electron chi connectivity index (χ1n) is 5.25. The predicted octanol–water partition coefficient (Wildman–Crippen LogP) is -2.15. The first-order chi connectivity index (χ1) is 6.58. The van der Waals surface area contributed by atoms with Crippen molar-refractivity contribution in [3.63, 3.8) is 0 Å². The minimum Gasteiger partial charge on any atom is -0.748 e. The molecule has 1 saturated carbocycles. The van der Waals surface area contributed by atoms with Gasteiger partial charge in [-0.05, 0) is 25.8 Å². The van der Waals surface area contributed by atoms with E-state index in [0.29, 0.717) is 19.0 Å². The number of hydrogen-bond acceptors (Lipinski definition) is 4. The third-order valence-corrected chi connectivity index (χ3v) is 3.40. The molecule has 0 aromatic heterocycles. The van der Waals surface area contributed by atoms with Gasteiger partial charge in [-0.15, -0.1) is 0 Å². The van der Waals surface area contributed by atoms with Crippen LogP contribution in [0.5, 0.6) is 0 Å². The zero-order valence-electron chi connectivity index (χ0n) is 9.37. The Labute approximate surface area is 135 Å². The molecule has 1 aliphatic rings. The summed E-state index contributed by atoms with van der Waals surface area (Å²) in [6, 6.07) is 0.540. The molecule has 0 unspecified atom stereocenters. The molecule has 0 spiro atoms. The van der Waals surface area contributed by atoms with Gasteiger partial charge < -0.3 is 9.87 Å². The average Bonchev–Trinajstić information content (AvgIpc) is 2.13. The molecule has 0 amide bonds. The second kappa shape index (κ2) is 8.58. The molecular weight excluding hydrogens is 241 g/mol. The third-order valence-electron chi connectivity index (χ3n) is 2.61. The number of hydrogen-bond donors (Lipinski definition) is 1. The van der Waals surface area contributed by atoms with Crippen LogP contribution in [-0.4, -0.2) is 31.3 Å². The van der Waals surface area contributed by atoms with E-state index in [1.165, 1.54) is 32.1 Å². The van der Waals surface area contributed by atoms with Crippen LogP contribution in [0.2, 0.25) is 0 Å². The van der Waals surface area contributed by atoms with Crippen LogP contribution in [0.3, 0.4) is 0 Å². The maximum absolute atomic E-state index is 10.3. The second-order valence-electron chi connectivity index (χ2n) is 3.90. The molecule has 0 aromatic carbocycles. The molecule has 4 nitrogen and oxygen atoms in total. The first kappa shape index (κ1) is 16.5. The SMILES string of the molecule is O=S(=O)([O-])CCCNC1CCCCC1.[K+]. The predicted molar refractivity (Wildman–Crippen MR) is 54.1 cm³/mol. The molecule has 1 rings (SSSR count). The molecule has 0 heterocycles. The Balaban J connectivity index is 0.00000196. The smallest absolute Gasteiger partial charge is 0.748 e. The fourth-order valence-corrected chi connectivity index (χ4v) is 2.36. The number of nitrogens with one attached hydrogen (secondary N) is 1. The van der Waals surface area contributed by atoms with E-state index >= 15 is 0 Å². The number of rotatable bonds is 5. The first-order valence-corrected chi connectivity index (χ1v) is 6.82. The molecular formula is C9H18KNO3S. The summed E-state index contributed by atoms with van der Waals surface area (Å²) in [6.45, 7) is 0.645. The summed E-state index contributed by atoms with van der Waals surface area (Å²) in [7, 11) is -4.02. The van der Waals surface area contributed by atoms with Gasteiger partial charge in [0.05, 0.1) is 10.1 Å². The Morgan fingerprint density at radius 1 is 1.20 bits per heavy atom. The van der Waals surface area contributed by atoms with Crippen molar-refractivity contribution < 1.29 is 64.4 Å². The van der Waals surface area contributed by atoms with Gasteiger partial charge in [-0.2, -0.15) is 0 Å². The van der Waals surface area contributed by atoms with Crippen molar-refractivity contribution >= 4 is 10.1 Å². The fraction of sp³-hybridized carbons (Fsp3) is 1.00. The van der Waals surface area contributed by atoms with E-state index < -0.39 is 10.1 Å². The van der Waals surface area contributed by atoms with E-state index in [2.05, 4.69) is 5.32 Å². The van der Waals surface area contributed by atoms with Crippen LogP contribution in [0.4, 0.5) is 0 Å². The van der Waals surface area contributed by atoms with Gasteiger partial charge in [-0.1, -0.05) is 19.3 Å². The van der Waals surface area contributed by atoms with Crippen LogP contribution in [0.25, 0.3) is 0 Å². The van der Waals surface area contributed by atoms with Crippen LogP contribution in [0, 0.1) is 0 Å². The molecule has 0 bridgehead atoms. The standard InChI is InChI=1S/C9H19NO3S.K/c11-14(12,13)8-4-7-10-9-5-2-1-3-6-9;/h9-10H,1-8H2,(H,11,12,13);/q;+1/p-1. The summed E-state index contributed by atoms with van der Waals surface area (Å²) in [5.41, 5.74) is 0. The van der Waals surface area contributed by atoms with Crippen molar-refractivity contribution in [2.75, 3.05) is 12.3 Å². The van der Waals surface area contributed by atoms with E-state index in [4.69, 9.17) is 0 Å². The van der Waals surface area contributed by atoms with E-state index in [9.17, 15) is 13.0 Å². The summed E-state index contributed by atoms with van der Waals surface area (Å²) in [4.78, 5) is 0. The molecule has 1 N–H and O–H groups in total. The summed E-state index contributed by atoms with van der Waals surface area (Å²) < 4.78 is 30.9. The Morgan fingerprint density at radius 3 is 2.33 bits per heavy atom. The van der Waals surface area contributed by atoms with E-state index in [1.807, 2.05) is 0 Å². The zero-order valence-corrected chi connectivity index (χ0v) is 13.3. The summed E-state index contributed by atoms with van der Waals surface area (Å²) in [5.74, 6) is -0.243. The molecule has 6 heteroatoms. The normalized spacial score (nSPS) is 18.5. The molecule has 0 radical (unpaired) electrons. The summed E-state index contributed by atoms with van der Waals surface area (Å²) in [6.07, 6.45) is 6.64. The zero-order chi connectivity index (χ0) is 10.4. The van der Waals surface area contributed by atoms with Gasteiger partial charge in [0.25, 0.3) is 0 Å². The molecule has 15 heavy (non-hydrogen) atoms. The van der Waals surface area contributed by atoms with E-state index in [0.717, 1.165) is 0 Å². The maximum Gasteiger partial charge on any atom is 1.00 e. The van der Waals surface area contributed by atoms with Crippen LogP contribution in [0.1, 0.15) is 38.5 Å². The van der Waals surface area contributed by atoms with Crippen molar-refractivity contribution in [1.29, 1.82) is 0 Å². The van der Waals surface area contributed by atoms with Crippen molar-refractivity contribution in [3.8, 4) is 0 Å². The van der Waals surface area contributed by atoms with E-state index in [1.54, 1.807) is 0 Å². The Morgan fingerprint density at radius 2 is 1.80 bits per heavy atom. The maximum atomic E-state index is 10.3. The topological polar surface area (TPSA) is 69.2 Å².